The van der Waals surface area contributed by atoms with Crippen molar-refractivity contribution in [3.63, 3.8) is 0 Å². The summed E-state index contributed by atoms with van der Waals surface area (Å²) in [6.45, 7) is 2.33. The van der Waals surface area contributed by atoms with E-state index in [9.17, 15) is 9.59 Å². The third-order valence-electron chi connectivity index (χ3n) is 3.55. The highest BCUT2D eigenvalue weighted by Gasteiger charge is 2.38. The molecule has 1 unspecified atom stereocenters. The Kier molecular flexibility index (Phi) is 2.55. The Balaban J connectivity index is 1.95. The summed E-state index contributed by atoms with van der Waals surface area (Å²) in [5.41, 5.74) is 1.44. The van der Waals surface area contributed by atoms with E-state index in [1.165, 1.54) is 11.3 Å². The Bertz CT molecular complexity index is 737. The molecule has 2 aliphatic heterocycles. The molecule has 0 spiro atoms. The van der Waals surface area contributed by atoms with Crippen molar-refractivity contribution in [3.8, 4) is 16.2 Å². The lowest BCUT2D eigenvalue weighted by Gasteiger charge is -2.28. The van der Waals surface area contributed by atoms with Gasteiger partial charge in [0, 0.05) is 24.3 Å². The van der Waals surface area contributed by atoms with Gasteiger partial charge in [0.25, 0.3) is 11.8 Å². The first-order valence-electron chi connectivity index (χ1n) is 6.55. The van der Waals surface area contributed by atoms with Crippen LogP contribution in [0.1, 0.15) is 16.6 Å². The first-order valence-corrected chi connectivity index (χ1v) is 7.36. The van der Waals surface area contributed by atoms with Crippen molar-refractivity contribution in [2.24, 2.45) is 0 Å². The zero-order valence-electron chi connectivity index (χ0n) is 11.2. The maximum Gasteiger partial charge on any atom is 0.265 e. The summed E-state index contributed by atoms with van der Waals surface area (Å²) in [4.78, 5) is 27.4. The number of amides is 2. The van der Waals surface area contributed by atoms with Crippen LogP contribution in [0.25, 0.3) is 10.4 Å². The molecule has 21 heavy (non-hydrogen) atoms. The van der Waals surface area contributed by atoms with E-state index in [1.54, 1.807) is 17.3 Å². The number of thiophene rings is 1. The van der Waals surface area contributed by atoms with Gasteiger partial charge in [0.05, 0.1) is 11.1 Å². The molecule has 108 valence electrons. The lowest BCUT2D eigenvalue weighted by Crippen LogP contribution is -2.44. The molecule has 2 aliphatic rings. The molecule has 2 amide bonds. The first-order chi connectivity index (χ1) is 10.1. The maximum atomic E-state index is 12.3. The van der Waals surface area contributed by atoms with Crippen LogP contribution in [0.2, 0.25) is 0 Å². The van der Waals surface area contributed by atoms with Crippen molar-refractivity contribution < 1.29 is 14.3 Å². The van der Waals surface area contributed by atoms with Crippen LogP contribution in [0.3, 0.4) is 0 Å². The normalized spacial score (nSPS) is 20.6. The van der Waals surface area contributed by atoms with E-state index in [2.05, 4.69) is 15.5 Å². The molecule has 2 N–H and O–H groups in total. The summed E-state index contributed by atoms with van der Waals surface area (Å²) in [5.74, 6) is 0.309. The highest BCUT2D eigenvalue weighted by Crippen LogP contribution is 2.50. The molecule has 2 aromatic heterocycles. The molecule has 2 aromatic rings. The van der Waals surface area contributed by atoms with Crippen LogP contribution < -0.4 is 15.0 Å². The number of carbonyl (C=O) groups is 2. The highest BCUT2D eigenvalue weighted by atomic mass is 32.1. The van der Waals surface area contributed by atoms with Gasteiger partial charge in [0.15, 0.2) is 12.4 Å². The predicted octanol–water partition coefficient (Wildman–Crippen LogP) is 0.995. The number of nitrogens with zero attached hydrogens (tertiary/aromatic N) is 2. The van der Waals surface area contributed by atoms with Crippen LogP contribution in [0.4, 0.5) is 5.69 Å². The number of rotatable bonds is 1. The Morgan fingerprint density at radius 3 is 3.05 bits per heavy atom. The van der Waals surface area contributed by atoms with Crippen LogP contribution in [0.15, 0.2) is 12.4 Å². The minimum atomic E-state index is -0.167. The Labute approximate surface area is 123 Å². The van der Waals surface area contributed by atoms with Crippen molar-refractivity contribution in [1.82, 2.24) is 15.5 Å². The van der Waals surface area contributed by atoms with Gasteiger partial charge in [-0.15, -0.1) is 11.3 Å². The molecule has 7 nitrogen and oxygen atoms in total. The summed E-state index contributed by atoms with van der Waals surface area (Å²) in [5, 5.41) is 9.57. The third kappa shape index (κ3) is 1.75. The number of anilines is 1. The fourth-order valence-electron chi connectivity index (χ4n) is 2.64. The number of hydrogen-bond acceptors (Lipinski definition) is 5. The molecule has 4 rings (SSSR count). The number of aromatic amines is 1. The van der Waals surface area contributed by atoms with E-state index in [0.29, 0.717) is 22.9 Å². The number of aromatic nitrogens is 2. The summed E-state index contributed by atoms with van der Waals surface area (Å²) < 4.78 is 5.61. The van der Waals surface area contributed by atoms with Gasteiger partial charge in [-0.3, -0.25) is 14.7 Å². The van der Waals surface area contributed by atoms with Gasteiger partial charge in [-0.05, 0) is 6.92 Å². The minimum Gasteiger partial charge on any atom is -0.480 e. The van der Waals surface area contributed by atoms with E-state index >= 15 is 0 Å². The van der Waals surface area contributed by atoms with Crippen molar-refractivity contribution >= 4 is 28.8 Å². The van der Waals surface area contributed by atoms with Gasteiger partial charge >= 0.3 is 0 Å². The van der Waals surface area contributed by atoms with Crippen molar-refractivity contribution in [1.29, 1.82) is 0 Å². The van der Waals surface area contributed by atoms with E-state index in [1.807, 2.05) is 6.92 Å². The molecule has 0 fully saturated rings. The van der Waals surface area contributed by atoms with E-state index < -0.39 is 0 Å². The zero-order chi connectivity index (χ0) is 14.6. The Hall–Kier alpha value is -2.35. The summed E-state index contributed by atoms with van der Waals surface area (Å²) in [7, 11) is 0. The summed E-state index contributed by atoms with van der Waals surface area (Å²) in [6.07, 6.45) is 3.42. The van der Waals surface area contributed by atoms with Gasteiger partial charge in [0.2, 0.25) is 0 Å². The maximum absolute atomic E-state index is 12.3. The van der Waals surface area contributed by atoms with Crippen molar-refractivity contribution in [3.05, 3.63) is 17.3 Å². The molecular weight excluding hydrogens is 292 g/mol. The van der Waals surface area contributed by atoms with Crippen LogP contribution in [0.5, 0.6) is 5.75 Å². The smallest absolute Gasteiger partial charge is 0.265 e. The fourth-order valence-corrected chi connectivity index (χ4v) is 3.78. The number of carbonyl (C=O) groups excluding carboxylic acids is 2. The largest absolute Gasteiger partial charge is 0.480 e. The Morgan fingerprint density at radius 2 is 2.29 bits per heavy atom. The molecule has 0 aromatic carbocycles. The average Bonchev–Trinajstić information content (AvgIpc) is 3.05. The first kappa shape index (κ1) is 12.4. The molecule has 0 aliphatic carbocycles. The molecule has 0 saturated carbocycles. The molecule has 0 bridgehead atoms. The quantitative estimate of drug-likeness (QED) is 0.822. The fraction of sp³-hybridized carbons (Fsp3) is 0.308. The van der Waals surface area contributed by atoms with Gasteiger partial charge in [-0.1, -0.05) is 0 Å². The predicted molar refractivity (Wildman–Crippen MR) is 76.7 cm³/mol. The second-order valence-corrected chi connectivity index (χ2v) is 6.11. The molecule has 8 heteroatoms. The van der Waals surface area contributed by atoms with E-state index in [4.69, 9.17) is 4.74 Å². The van der Waals surface area contributed by atoms with Crippen molar-refractivity contribution in [2.75, 3.05) is 18.1 Å². The average molecular weight is 304 g/mol. The minimum absolute atomic E-state index is 0.00502. The molecule has 1 atom stereocenters. The lowest BCUT2D eigenvalue weighted by molar-refractivity contribution is -0.121. The van der Waals surface area contributed by atoms with Crippen LogP contribution in [-0.4, -0.2) is 41.2 Å². The SMILES string of the molecule is CC1CN2C(=O)COc3c(-c4cn[nH]c4)sc(c32)C(=O)N1. The van der Waals surface area contributed by atoms with Gasteiger partial charge in [0.1, 0.15) is 10.6 Å². The summed E-state index contributed by atoms with van der Waals surface area (Å²) in [6, 6.07) is -0.0932. The molecule has 0 saturated heterocycles. The lowest BCUT2D eigenvalue weighted by atomic mass is 10.2. The Morgan fingerprint density at radius 1 is 1.43 bits per heavy atom. The second-order valence-electron chi connectivity index (χ2n) is 5.09. The van der Waals surface area contributed by atoms with Gasteiger partial charge in [-0.2, -0.15) is 5.10 Å². The number of ether oxygens (including phenoxy) is 1. The van der Waals surface area contributed by atoms with Gasteiger partial charge in [-0.25, -0.2) is 0 Å². The molecular formula is C13H12N4O3S. The number of hydrogen-bond donors (Lipinski definition) is 2. The van der Waals surface area contributed by atoms with Crippen LogP contribution in [-0.2, 0) is 4.79 Å². The van der Waals surface area contributed by atoms with Crippen LogP contribution in [0, 0.1) is 0 Å². The van der Waals surface area contributed by atoms with E-state index in [0.717, 1.165) is 10.4 Å². The van der Waals surface area contributed by atoms with Gasteiger partial charge < -0.3 is 15.0 Å². The van der Waals surface area contributed by atoms with E-state index in [-0.39, 0.29) is 24.5 Å². The molecule has 0 radical (unpaired) electrons. The van der Waals surface area contributed by atoms with Crippen LogP contribution >= 0.6 is 11.3 Å². The number of nitrogens with one attached hydrogen (secondary N) is 2. The standard InChI is InChI=1S/C13H12N4O3S/c1-6-4-17-8(18)5-20-10-9(17)12(13(19)16-6)21-11(10)7-2-14-15-3-7/h2-3,6H,4-5H2,1H3,(H,14,15)(H,16,19). The number of H-pyrrole nitrogens is 1. The zero-order valence-corrected chi connectivity index (χ0v) is 12.0. The highest BCUT2D eigenvalue weighted by molar-refractivity contribution is 7.18. The summed E-state index contributed by atoms with van der Waals surface area (Å²) >= 11 is 1.32. The third-order valence-corrected chi connectivity index (χ3v) is 4.76. The monoisotopic (exact) mass is 304 g/mol. The van der Waals surface area contributed by atoms with Crippen molar-refractivity contribution in [2.45, 2.75) is 13.0 Å². The second kappa shape index (κ2) is 4.32. The topological polar surface area (TPSA) is 87.3 Å². The molecule has 4 heterocycles.